The first kappa shape index (κ1) is 24.9. The number of hydrogen-bond acceptors (Lipinski definition) is 5. The Labute approximate surface area is 208 Å². The average molecular weight is 483 g/mol. The van der Waals surface area contributed by atoms with Gasteiger partial charge in [0.25, 0.3) is 0 Å². The molecule has 0 spiro atoms. The molecule has 184 valence electrons. The van der Waals surface area contributed by atoms with E-state index >= 15 is 0 Å². The lowest BCUT2D eigenvalue weighted by Crippen LogP contribution is -2.34. The molecule has 0 N–H and O–H groups in total. The topological polar surface area (TPSA) is 42.0 Å². The number of unbranched alkanes of at least 4 members (excludes halogenated alkanes) is 2. The van der Waals surface area contributed by atoms with E-state index in [2.05, 4.69) is 18.0 Å². The Morgan fingerprint density at radius 3 is 2.65 bits per heavy atom. The molecule has 34 heavy (non-hydrogen) atoms. The number of thioether (sulfide) groups is 1. The van der Waals surface area contributed by atoms with Gasteiger partial charge in [-0.1, -0.05) is 43.2 Å². The number of benzene rings is 2. The predicted octanol–water partition coefficient (Wildman–Crippen LogP) is 6.67. The first-order chi connectivity index (χ1) is 16.6. The molecular formula is C28H38N2O3S. The number of amides is 1. The average Bonchev–Trinajstić information content (AvgIpc) is 3.26. The van der Waals surface area contributed by atoms with E-state index in [1.54, 1.807) is 25.8 Å². The molecule has 2 aromatic rings. The van der Waals surface area contributed by atoms with Crippen LogP contribution >= 0.6 is 11.8 Å². The molecule has 4 rings (SSSR count). The minimum Gasteiger partial charge on any atom is -0.497 e. The van der Waals surface area contributed by atoms with Crippen LogP contribution in [-0.2, 0) is 4.79 Å². The van der Waals surface area contributed by atoms with E-state index in [9.17, 15) is 4.79 Å². The summed E-state index contributed by atoms with van der Waals surface area (Å²) >= 11 is 1.69. The van der Waals surface area contributed by atoms with Gasteiger partial charge in [-0.05, 0) is 76.0 Å². The maximum Gasteiger partial charge on any atom is 0.225 e. The summed E-state index contributed by atoms with van der Waals surface area (Å²) in [5.74, 6) is 1.63. The van der Waals surface area contributed by atoms with Crippen molar-refractivity contribution in [3.05, 3.63) is 48.0 Å². The molecule has 5 nitrogen and oxygen atoms in total. The van der Waals surface area contributed by atoms with E-state index in [1.807, 2.05) is 41.3 Å². The summed E-state index contributed by atoms with van der Waals surface area (Å²) in [7, 11) is 3.96. The van der Waals surface area contributed by atoms with Crippen LogP contribution in [0.5, 0.6) is 11.5 Å². The lowest BCUT2D eigenvalue weighted by Gasteiger charge is -2.31. The van der Waals surface area contributed by atoms with Crippen LogP contribution in [0.25, 0.3) is 0 Å². The Hall–Kier alpha value is -2.18. The highest BCUT2D eigenvalue weighted by atomic mass is 32.2. The molecule has 6 heteroatoms. The highest BCUT2D eigenvalue weighted by molar-refractivity contribution is 8.00. The lowest BCUT2D eigenvalue weighted by atomic mass is 9.94. The standard InChI is InChI=1S/C28H38N2O3S/c1-21(31)30-25-14-8-9-15-27(25)34-28(30)24-20-23(32-3)16-17-26(24)33-19-11-5-10-18-29(2)22-12-6-4-7-13-22/h8-9,14-17,20,22,28H,4-7,10-13,18-19H2,1-3H3. The summed E-state index contributed by atoms with van der Waals surface area (Å²) in [5, 5.41) is -0.163. The number of nitrogens with zero attached hydrogens (tertiary/aromatic N) is 2. The number of carbonyl (C=O) groups is 1. The van der Waals surface area contributed by atoms with Gasteiger partial charge >= 0.3 is 0 Å². The smallest absolute Gasteiger partial charge is 0.225 e. The third kappa shape index (κ3) is 5.89. The van der Waals surface area contributed by atoms with Gasteiger partial charge in [0.2, 0.25) is 5.91 Å². The van der Waals surface area contributed by atoms with Crippen LogP contribution < -0.4 is 14.4 Å². The first-order valence-corrected chi connectivity index (χ1v) is 13.5. The molecule has 1 atom stereocenters. The van der Waals surface area contributed by atoms with Crippen molar-refractivity contribution in [3.8, 4) is 11.5 Å². The molecule has 2 aromatic carbocycles. The zero-order chi connectivity index (χ0) is 23.9. The van der Waals surface area contributed by atoms with Crippen molar-refractivity contribution in [1.82, 2.24) is 4.90 Å². The van der Waals surface area contributed by atoms with Crippen molar-refractivity contribution >= 4 is 23.4 Å². The normalized spacial score (nSPS) is 18.2. The second-order valence-electron chi connectivity index (χ2n) is 9.41. The number of carbonyl (C=O) groups excluding carboxylic acids is 1. The molecule has 1 aliphatic heterocycles. The van der Waals surface area contributed by atoms with Crippen LogP contribution in [0.4, 0.5) is 5.69 Å². The second kappa shape index (κ2) is 12.0. The Kier molecular flexibility index (Phi) is 8.79. The SMILES string of the molecule is COc1ccc(OCCCCCN(C)C2CCCCC2)c(C2Sc3ccccc3N2C(C)=O)c1. The number of hydrogen-bond donors (Lipinski definition) is 0. The molecule has 0 saturated heterocycles. The number of methoxy groups -OCH3 is 1. The maximum atomic E-state index is 12.6. The van der Waals surface area contributed by atoms with Gasteiger partial charge in [0.1, 0.15) is 16.9 Å². The van der Waals surface area contributed by atoms with Crippen LogP contribution in [-0.4, -0.2) is 44.2 Å². The second-order valence-corrected chi connectivity index (χ2v) is 10.5. The summed E-state index contributed by atoms with van der Waals surface area (Å²) in [6, 6.07) is 14.8. The van der Waals surface area contributed by atoms with Crippen LogP contribution in [0.15, 0.2) is 47.4 Å². The summed E-state index contributed by atoms with van der Waals surface area (Å²) in [6.45, 7) is 3.47. The van der Waals surface area contributed by atoms with Gasteiger partial charge in [-0.2, -0.15) is 0 Å². The maximum absolute atomic E-state index is 12.6. The van der Waals surface area contributed by atoms with Crippen molar-refractivity contribution in [3.63, 3.8) is 0 Å². The highest BCUT2D eigenvalue weighted by Crippen LogP contribution is 2.53. The van der Waals surface area contributed by atoms with E-state index in [0.717, 1.165) is 46.5 Å². The van der Waals surface area contributed by atoms with E-state index in [0.29, 0.717) is 6.61 Å². The zero-order valence-corrected chi connectivity index (χ0v) is 21.6. The summed E-state index contributed by atoms with van der Waals surface area (Å²) in [5.41, 5.74) is 1.94. The lowest BCUT2D eigenvalue weighted by molar-refractivity contribution is -0.116. The van der Waals surface area contributed by atoms with Crippen molar-refractivity contribution < 1.29 is 14.3 Å². The molecule has 1 heterocycles. The van der Waals surface area contributed by atoms with Gasteiger partial charge in [0, 0.05) is 23.4 Å². The molecular weight excluding hydrogens is 444 g/mol. The Morgan fingerprint density at radius 1 is 1.09 bits per heavy atom. The van der Waals surface area contributed by atoms with Crippen LogP contribution in [0, 0.1) is 0 Å². The Morgan fingerprint density at radius 2 is 1.88 bits per heavy atom. The van der Waals surface area contributed by atoms with Crippen molar-refractivity contribution in [2.24, 2.45) is 0 Å². The van der Waals surface area contributed by atoms with Crippen molar-refractivity contribution in [2.45, 2.75) is 74.6 Å². The van der Waals surface area contributed by atoms with Gasteiger partial charge in [-0.25, -0.2) is 0 Å². The minimum atomic E-state index is -0.163. The van der Waals surface area contributed by atoms with Crippen LogP contribution in [0.3, 0.4) is 0 Å². The van der Waals surface area contributed by atoms with E-state index < -0.39 is 0 Å². The molecule has 2 aliphatic rings. The quantitative estimate of drug-likeness (QED) is 0.354. The highest BCUT2D eigenvalue weighted by Gasteiger charge is 2.35. The van der Waals surface area contributed by atoms with E-state index in [4.69, 9.17) is 9.47 Å². The van der Waals surface area contributed by atoms with Gasteiger partial charge in [0.05, 0.1) is 19.4 Å². The zero-order valence-electron chi connectivity index (χ0n) is 20.8. The molecule has 1 amide bonds. The Balaban J connectivity index is 1.35. The van der Waals surface area contributed by atoms with Gasteiger partial charge < -0.3 is 14.4 Å². The molecule has 0 bridgehead atoms. The minimum absolute atomic E-state index is 0.0262. The summed E-state index contributed by atoms with van der Waals surface area (Å²) in [6.07, 6.45) is 10.3. The summed E-state index contributed by atoms with van der Waals surface area (Å²) in [4.78, 5) is 18.1. The monoisotopic (exact) mass is 482 g/mol. The van der Waals surface area contributed by atoms with Gasteiger partial charge in [-0.15, -0.1) is 0 Å². The molecule has 1 fully saturated rings. The number of ether oxygens (including phenoxy) is 2. The first-order valence-electron chi connectivity index (χ1n) is 12.6. The molecule has 1 aliphatic carbocycles. The van der Waals surface area contributed by atoms with Gasteiger partial charge in [0.15, 0.2) is 0 Å². The van der Waals surface area contributed by atoms with Crippen molar-refractivity contribution in [2.75, 3.05) is 32.2 Å². The third-order valence-corrected chi connectivity index (χ3v) is 8.32. The fraction of sp³-hybridized carbons (Fsp3) is 0.536. The van der Waals surface area contributed by atoms with Crippen LogP contribution in [0.2, 0.25) is 0 Å². The van der Waals surface area contributed by atoms with Gasteiger partial charge in [-0.3, -0.25) is 9.69 Å². The number of anilines is 1. The fourth-order valence-corrected chi connectivity index (χ4v) is 6.46. The number of fused-ring (bicyclic) bond motifs is 1. The van der Waals surface area contributed by atoms with E-state index in [-0.39, 0.29) is 11.3 Å². The van der Waals surface area contributed by atoms with E-state index in [1.165, 1.54) is 45.1 Å². The molecule has 0 aromatic heterocycles. The van der Waals surface area contributed by atoms with Crippen LogP contribution in [0.1, 0.15) is 69.2 Å². The largest absolute Gasteiger partial charge is 0.497 e. The number of para-hydroxylation sites is 1. The Bertz CT molecular complexity index is 960. The van der Waals surface area contributed by atoms with Crippen molar-refractivity contribution in [1.29, 1.82) is 0 Å². The summed E-state index contributed by atoms with van der Waals surface area (Å²) < 4.78 is 11.8. The molecule has 0 radical (unpaired) electrons. The molecule has 1 saturated carbocycles. The third-order valence-electron chi connectivity index (χ3n) is 7.03. The molecule has 1 unspecified atom stereocenters. The number of rotatable bonds is 10. The fourth-order valence-electron chi connectivity index (χ4n) is 5.10. The predicted molar refractivity (Wildman–Crippen MR) is 140 cm³/mol.